The molecule has 62 valence electrons. The van der Waals surface area contributed by atoms with Crippen LogP contribution in [0.5, 0.6) is 0 Å². The van der Waals surface area contributed by atoms with Crippen molar-refractivity contribution in [3.05, 3.63) is 0 Å². The highest BCUT2D eigenvalue weighted by Crippen LogP contribution is 2.29. The van der Waals surface area contributed by atoms with Crippen molar-refractivity contribution in [1.82, 2.24) is 0 Å². The van der Waals surface area contributed by atoms with Gasteiger partial charge in [0.2, 0.25) is 0 Å². The highest BCUT2D eigenvalue weighted by Gasteiger charge is 2.51. The third kappa shape index (κ3) is 1.76. The summed E-state index contributed by atoms with van der Waals surface area (Å²) in [6.45, 7) is 0. The van der Waals surface area contributed by atoms with Gasteiger partial charge in [0.05, 0.1) is 0 Å². The lowest BCUT2D eigenvalue weighted by molar-refractivity contribution is -0.323. The highest BCUT2D eigenvalue weighted by molar-refractivity contribution is 4.71. The summed E-state index contributed by atoms with van der Waals surface area (Å²) in [6.07, 6.45) is -8.19. The second-order valence-electron chi connectivity index (χ2n) is 1.38. The lowest BCUT2D eigenvalue weighted by Crippen LogP contribution is -2.37. The van der Waals surface area contributed by atoms with Gasteiger partial charge in [0.25, 0.3) is 0 Å². The van der Waals surface area contributed by atoms with Crippen LogP contribution in [0, 0.1) is 0 Å². The van der Waals surface area contributed by atoms with Crippen molar-refractivity contribution in [1.29, 1.82) is 0 Å². The van der Waals surface area contributed by atoms with Crippen molar-refractivity contribution in [3.8, 4) is 0 Å². The van der Waals surface area contributed by atoms with E-state index in [9.17, 15) is 26.5 Å². The van der Waals surface area contributed by atoms with Crippen LogP contribution in [0.2, 0.25) is 0 Å². The Morgan fingerprint density at radius 1 is 1.10 bits per heavy atom. The van der Waals surface area contributed by atoms with E-state index in [1.807, 2.05) is 4.94 Å². The molecule has 0 saturated carbocycles. The summed E-state index contributed by atoms with van der Waals surface area (Å²) in [6, 6.07) is 0. The first kappa shape index (κ1) is 9.54. The van der Waals surface area contributed by atoms with Gasteiger partial charge < -0.3 is 0 Å². The minimum Gasteiger partial charge on any atom is -0.205 e. The fraction of sp³-hybridized carbons (Fsp3) is 1.00. The maximum absolute atomic E-state index is 11.5. The zero-order valence-electron chi connectivity index (χ0n) is 4.33. The number of rotatable bonds is 3. The van der Waals surface area contributed by atoms with Crippen molar-refractivity contribution >= 4 is 0 Å². The summed E-state index contributed by atoms with van der Waals surface area (Å²) in [4.78, 5) is 1.88. The van der Waals surface area contributed by atoms with Gasteiger partial charge in [-0.05, 0) is 4.53 Å². The number of hydrogen-bond acceptors (Lipinski definition) is 1. The lowest BCUT2D eigenvalue weighted by Gasteiger charge is -2.14. The smallest absolute Gasteiger partial charge is 0.205 e. The lowest BCUT2D eigenvalue weighted by atomic mass is 10.3. The van der Waals surface area contributed by atoms with Crippen LogP contribution in [-0.2, 0) is 4.94 Å². The van der Waals surface area contributed by atoms with E-state index in [1.54, 1.807) is 0 Å². The molecule has 0 aromatic rings. The molecule has 0 rings (SSSR count). The molecule has 0 aliphatic rings. The van der Waals surface area contributed by atoms with E-state index >= 15 is 0 Å². The molecule has 0 fully saturated rings. The molecule has 0 saturated heterocycles. The molecule has 0 aromatic carbocycles. The first-order valence-electron chi connectivity index (χ1n) is 2.00. The van der Waals surface area contributed by atoms with Crippen LogP contribution in [0.25, 0.3) is 0 Å². The summed E-state index contributed by atoms with van der Waals surface area (Å²) >= 11 is 0. The van der Waals surface area contributed by atoms with Gasteiger partial charge in [-0.2, -0.15) is 8.78 Å². The standard InChI is InChI=1S/C3H2F6O/c4-1(5)3(7,8)2(6)10-9/h1-2H. The van der Waals surface area contributed by atoms with Crippen molar-refractivity contribution in [2.45, 2.75) is 18.7 Å². The van der Waals surface area contributed by atoms with Crippen LogP contribution < -0.4 is 0 Å². The molecule has 1 atom stereocenters. The van der Waals surface area contributed by atoms with Crippen LogP contribution >= 0.6 is 0 Å². The van der Waals surface area contributed by atoms with Gasteiger partial charge in [-0.25, -0.2) is 13.2 Å². The average molecular weight is 168 g/mol. The first-order chi connectivity index (χ1) is 4.42. The Morgan fingerprint density at radius 2 is 1.50 bits per heavy atom. The summed E-state index contributed by atoms with van der Waals surface area (Å²) in [5, 5.41) is 0. The van der Waals surface area contributed by atoms with E-state index in [4.69, 9.17) is 0 Å². The van der Waals surface area contributed by atoms with E-state index in [-0.39, 0.29) is 0 Å². The Kier molecular flexibility index (Phi) is 2.95. The molecule has 0 spiro atoms. The van der Waals surface area contributed by atoms with Crippen molar-refractivity contribution in [2.24, 2.45) is 0 Å². The van der Waals surface area contributed by atoms with Gasteiger partial charge in [-0.15, -0.1) is 4.94 Å². The molecule has 0 N–H and O–H groups in total. The summed E-state index contributed by atoms with van der Waals surface area (Å²) in [7, 11) is 0. The maximum Gasteiger partial charge on any atom is 0.364 e. The quantitative estimate of drug-likeness (QED) is 0.586. The van der Waals surface area contributed by atoms with E-state index in [2.05, 4.69) is 0 Å². The minimum absolute atomic E-state index is 1.88. The van der Waals surface area contributed by atoms with E-state index in [0.717, 1.165) is 0 Å². The Bertz CT molecular complexity index is 103. The van der Waals surface area contributed by atoms with Gasteiger partial charge in [-0.1, -0.05) is 0 Å². The Balaban J connectivity index is 4.09. The SMILES string of the molecule is FOC(F)C(F)(F)C(F)F. The normalized spacial score (nSPS) is 15.9. The second-order valence-corrected chi connectivity index (χ2v) is 1.38. The molecular formula is C3H2F6O. The van der Waals surface area contributed by atoms with Gasteiger partial charge >= 0.3 is 18.7 Å². The predicted molar refractivity (Wildman–Crippen MR) is 18.0 cm³/mol. The molecular weight excluding hydrogens is 166 g/mol. The Hall–Kier alpha value is -0.460. The topological polar surface area (TPSA) is 9.23 Å². The molecule has 0 aromatic heterocycles. The Morgan fingerprint density at radius 3 is 1.60 bits per heavy atom. The Labute approximate surface area is 51.5 Å². The van der Waals surface area contributed by atoms with Crippen molar-refractivity contribution in [2.75, 3.05) is 0 Å². The van der Waals surface area contributed by atoms with Crippen molar-refractivity contribution in [3.63, 3.8) is 0 Å². The second kappa shape index (κ2) is 3.09. The average Bonchev–Trinajstić information content (AvgIpc) is 1.86. The fourth-order valence-electron chi connectivity index (χ4n) is 0.158. The summed E-state index contributed by atoms with van der Waals surface area (Å²) < 4.78 is 66.8. The molecule has 0 aliphatic carbocycles. The third-order valence-corrected chi connectivity index (χ3v) is 0.672. The zero-order chi connectivity index (χ0) is 8.36. The third-order valence-electron chi connectivity index (χ3n) is 0.672. The van der Waals surface area contributed by atoms with Gasteiger partial charge in [0.15, 0.2) is 0 Å². The van der Waals surface area contributed by atoms with Gasteiger partial charge in [-0.3, -0.25) is 0 Å². The van der Waals surface area contributed by atoms with E-state index in [0.29, 0.717) is 0 Å². The first-order valence-corrected chi connectivity index (χ1v) is 2.00. The molecule has 1 nitrogen and oxygen atoms in total. The molecule has 0 amide bonds. The van der Waals surface area contributed by atoms with Crippen LogP contribution in [0.1, 0.15) is 0 Å². The minimum atomic E-state index is -5.09. The zero-order valence-corrected chi connectivity index (χ0v) is 4.33. The molecule has 0 radical (unpaired) electrons. The number of halogens is 6. The molecule has 7 heteroatoms. The fourth-order valence-corrected chi connectivity index (χ4v) is 0.158. The van der Waals surface area contributed by atoms with E-state index < -0.39 is 18.7 Å². The predicted octanol–water partition coefficient (Wildman–Crippen LogP) is 2.08. The van der Waals surface area contributed by atoms with Crippen LogP contribution in [0.3, 0.4) is 0 Å². The molecule has 0 heterocycles. The van der Waals surface area contributed by atoms with Crippen LogP contribution in [0.4, 0.5) is 26.5 Å². The highest BCUT2D eigenvalue weighted by atomic mass is 19.3. The number of hydrogen-bond donors (Lipinski definition) is 0. The number of alkyl halides is 5. The van der Waals surface area contributed by atoms with Gasteiger partial charge in [0, 0.05) is 0 Å². The van der Waals surface area contributed by atoms with Crippen LogP contribution in [-0.4, -0.2) is 18.7 Å². The van der Waals surface area contributed by atoms with E-state index in [1.165, 1.54) is 0 Å². The summed E-state index contributed by atoms with van der Waals surface area (Å²) in [5.74, 6) is -5.09. The molecule has 1 unspecified atom stereocenters. The maximum atomic E-state index is 11.5. The molecule has 0 aliphatic heterocycles. The van der Waals surface area contributed by atoms with Gasteiger partial charge in [0.1, 0.15) is 0 Å². The summed E-state index contributed by atoms with van der Waals surface area (Å²) in [5.41, 5.74) is 0. The van der Waals surface area contributed by atoms with Crippen LogP contribution in [0.15, 0.2) is 0 Å². The van der Waals surface area contributed by atoms with Crippen molar-refractivity contribution < 1.29 is 31.4 Å². The molecule has 10 heavy (non-hydrogen) atoms. The largest absolute Gasteiger partial charge is 0.364 e. The monoisotopic (exact) mass is 168 g/mol. The molecule has 0 bridgehead atoms.